The van der Waals surface area contributed by atoms with Crippen LogP contribution in [0.5, 0.6) is 0 Å². The molecule has 4 nitrogen and oxygen atoms in total. The van der Waals surface area contributed by atoms with Gasteiger partial charge in [-0.1, -0.05) is 24.3 Å². The lowest BCUT2D eigenvalue weighted by Gasteiger charge is -2.19. The van der Waals surface area contributed by atoms with Crippen LogP contribution in [-0.2, 0) is 17.9 Å². The van der Waals surface area contributed by atoms with Gasteiger partial charge in [-0.2, -0.15) is 0 Å². The average Bonchev–Trinajstić information content (AvgIpc) is 2.44. The van der Waals surface area contributed by atoms with Crippen molar-refractivity contribution >= 4 is 5.95 Å². The Bertz CT molecular complexity index is 535. The zero-order chi connectivity index (χ0) is 14.4. The first-order valence-electron chi connectivity index (χ1n) is 6.76. The summed E-state index contributed by atoms with van der Waals surface area (Å²) >= 11 is 0. The van der Waals surface area contributed by atoms with Crippen LogP contribution < -0.4 is 5.32 Å². The van der Waals surface area contributed by atoms with Gasteiger partial charge in [0.25, 0.3) is 0 Å². The molecule has 2 rings (SSSR count). The summed E-state index contributed by atoms with van der Waals surface area (Å²) in [6.45, 7) is 7.51. The number of ether oxygens (including phenoxy) is 1. The third kappa shape index (κ3) is 4.97. The molecule has 0 fully saturated rings. The van der Waals surface area contributed by atoms with Crippen LogP contribution in [0.25, 0.3) is 0 Å². The molecule has 1 aromatic heterocycles. The van der Waals surface area contributed by atoms with Crippen molar-refractivity contribution in [2.24, 2.45) is 0 Å². The molecule has 1 N–H and O–H groups in total. The van der Waals surface area contributed by atoms with E-state index < -0.39 is 0 Å². The van der Waals surface area contributed by atoms with Gasteiger partial charge in [0.1, 0.15) is 0 Å². The van der Waals surface area contributed by atoms with Crippen molar-refractivity contribution in [3.05, 3.63) is 53.9 Å². The largest absolute Gasteiger partial charge is 0.371 e. The van der Waals surface area contributed by atoms with Gasteiger partial charge >= 0.3 is 0 Å². The molecular weight excluding hydrogens is 250 g/mol. The SMILES string of the molecule is CC(C)(C)OCc1cccc(CNc2ncccn2)c1. The Hall–Kier alpha value is -1.94. The van der Waals surface area contributed by atoms with Gasteiger partial charge in [0.05, 0.1) is 12.2 Å². The maximum Gasteiger partial charge on any atom is 0.222 e. The van der Waals surface area contributed by atoms with Crippen LogP contribution in [0.2, 0.25) is 0 Å². The van der Waals surface area contributed by atoms with E-state index >= 15 is 0 Å². The van der Waals surface area contributed by atoms with Crippen LogP contribution >= 0.6 is 0 Å². The second-order valence-electron chi connectivity index (χ2n) is 5.65. The average molecular weight is 271 g/mol. The number of anilines is 1. The number of rotatable bonds is 5. The van der Waals surface area contributed by atoms with Gasteiger partial charge in [0.15, 0.2) is 0 Å². The number of benzene rings is 1. The Morgan fingerprint density at radius 2 is 1.75 bits per heavy atom. The highest BCUT2D eigenvalue weighted by Crippen LogP contribution is 2.13. The Labute approximate surface area is 120 Å². The molecule has 106 valence electrons. The van der Waals surface area contributed by atoms with E-state index in [0.29, 0.717) is 19.1 Å². The summed E-state index contributed by atoms with van der Waals surface area (Å²) in [6.07, 6.45) is 3.45. The van der Waals surface area contributed by atoms with Crippen LogP contribution in [0.4, 0.5) is 5.95 Å². The summed E-state index contributed by atoms with van der Waals surface area (Å²) in [4.78, 5) is 8.28. The van der Waals surface area contributed by atoms with E-state index in [0.717, 1.165) is 0 Å². The van der Waals surface area contributed by atoms with Crippen molar-refractivity contribution in [3.8, 4) is 0 Å². The van der Waals surface area contributed by atoms with E-state index in [1.54, 1.807) is 18.5 Å². The fraction of sp³-hybridized carbons (Fsp3) is 0.375. The number of aromatic nitrogens is 2. The molecule has 0 radical (unpaired) electrons. The van der Waals surface area contributed by atoms with Crippen LogP contribution in [0.1, 0.15) is 31.9 Å². The first-order chi connectivity index (χ1) is 9.53. The Morgan fingerprint density at radius 1 is 1.05 bits per heavy atom. The molecule has 0 atom stereocenters. The zero-order valence-corrected chi connectivity index (χ0v) is 12.3. The van der Waals surface area contributed by atoms with E-state index in [1.807, 2.05) is 6.07 Å². The topological polar surface area (TPSA) is 47.0 Å². The molecule has 0 saturated carbocycles. The maximum absolute atomic E-state index is 5.79. The molecule has 20 heavy (non-hydrogen) atoms. The van der Waals surface area contributed by atoms with Gasteiger partial charge < -0.3 is 10.1 Å². The van der Waals surface area contributed by atoms with E-state index in [1.165, 1.54) is 11.1 Å². The summed E-state index contributed by atoms with van der Waals surface area (Å²) in [5.74, 6) is 0.642. The van der Waals surface area contributed by atoms with Crippen LogP contribution in [0.3, 0.4) is 0 Å². The molecule has 0 aliphatic rings. The summed E-state index contributed by atoms with van der Waals surface area (Å²) in [7, 11) is 0. The predicted molar refractivity (Wildman–Crippen MR) is 80.3 cm³/mol. The van der Waals surface area contributed by atoms with Crippen LogP contribution in [0, 0.1) is 0 Å². The molecule has 0 aliphatic carbocycles. The molecular formula is C16H21N3O. The smallest absolute Gasteiger partial charge is 0.222 e. The van der Waals surface area contributed by atoms with Gasteiger partial charge in [-0.15, -0.1) is 0 Å². The monoisotopic (exact) mass is 271 g/mol. The third-order valence-electron chi connectivity index (χ3n) is 2.68. The minimum absolute atomic E-state index is 0.119. The highest BCUT2D eigenvalue weighted by Gasteiger charge is 2.10. The first kappa shape index (κ1) is 14.5. The summed E-state index contributed by atoms with van der Waals surface area (Å²) in [6, 6.07) is 10.1. The number of nitrogens with zero attached hydrogens (tertiary/aromatic N) is 2. The Kier molecular flexibility index (Phi) is 4.69. The standard InChI is InChI=1S/C16H21N3O/c1-16(2,3)20-12-14-7-4-6-13(10-14)11-19-15-17-8-5-9-18-15/h4-10H,11-12H2,1-3H3,(H,17,18,19). The van der Waals surface area contributed by atoms with E-state index in [2.05, 4.69) is 54.3 Å². The molecule has 1 heterocycles. The maximum atomic E-state index is 5.79. The van der Waals surface area contributed by atoms with Crippen molar-refractivity contribution in [1.82, 2.24) is 9.97 Å². The second-order valence-corrected chi connectivity index (χ2v) is 5.65. The lowest BCUT2D eigenvalue weighted by molar-refractivity contribution is -0.0149. The van der Waals surface area contributed by atoms with Crippen LogP contribution in [0.15, 0.2) is 42.7 Å². The minimum Gasteiger partial charge on any atom is -0.371 e. The molecule has 0 saturated heterocycles. The first-order valence-corrected chi connectivity index (χ1v) is 6.76. The summed E-state index contributed by atoms with van der Waals surface area (Å²) in [5, 5.41) is 3.20. The highest BCUT2D eigenvalue weighted by atomic mass is 16.5. The quantitative estimate of drug-likeness (QED) is 0.905. The lowest BCUT2D eigenvalue weighted by Crippen LogP contribution is -2.18. The normalized spacial score (nSPS) is 11.3. The minimum atomic E-state index is -0.119. The molecule has 1 aromatic carbocycles. The molecule has 0 amide bonds. The number of nitrogens with one attached hydrogen (secondary N) is 1. The van der Waals surface area contributed by atoms with Gasteiger partial charge in [0, 0.05) is 18.9 Å². The van der Waals surface area contributed by atoms with Gasteiger partial charge in [0.2, 0.25) is 5.95 Å². The van der Waals surface area contributed by atoms with E-state index in [4.69, 9.17) is 4.74 Å². The van der Waals surface area contributed by atoms with Crippen molar-refractivity contribution in [3.63, 3.8) is 0 Å². The molecule has 4 heteroatoms. The molecule has 0 aliphatic heterocycles. The van der Waals surface area contributed by atoms with Gasteiger partial charge in [-0.05, 0) is 38.0 Å². The van der Waals surface area contributed by atoms with E-state index in [9.17, 15) is 0 Å². The van der Waals surface area contributed by atoms with Gasteiger partial charge in [-0.25, -0.2) is 9.97 Å². The van der Waals surface area contributed by atoms with E-state index in [-0.39, 0.29) is 5.60 Å². The molecule has 0 bridgehead atoms. The summed E-state index contributed by atoms with van der Waals surface area (Å²) in [5.41, 5.74) is 2.24. The number of hydrogen-bond donors (Lipinski definition) is 1. The lowest BCUT2D eigenvalue weighted by atomic mass is 10.1. The summed E-state index contributed by atoms with van der Waals surface area (Å²) < 4.78 is 5.79. The zero-order valence-electron chi connectivity index (χ0n) is 12.3. The van der Waals surface area contributed by atoms with Crippen LogP contribution in [-0.4, -0.2) is 15.6 Å². The molecule has 0 unspecified atom stereocenters. The van der Waals surface area contributed by atoms with Crippen molar-refractivity contribution in [1.29, 1.82) is 0 Å². The Morgan fingerprint density at radius 3 is 2.45 bits per heavy atom. The fourth-order valence-corrected chi connectivity index (χ4v) is 1.70. The predicted octanol–water partition coefficient (Wildman–Crippen LogP) is 3.40. The highest BCUT2D eigenvalue weighted by molar-refractivity contribution is 5.29. The number of hydrogen-bond acceptors (Lipinski definition) is 4. The van der Waals surface area contributed by atoms with Crippen molar-refractivity contribution in [2.45, 2.75) is 39.5 Å². The van der Waals surface area contributed by atoms with Crippen molar-refractivity contribution in [2.75, 3.05) is 5.32 Å². The third-order valence-corrected chi connectivity index (χ3v) is 2.68. The molecule has 0 spiro atoms. The molecule has 2 aromatic rings. The fourth-order valence-electron chi connectivity index (χ4n) is 1.70. The van der Waals surface area contributed by atoms with Gasteiger partial charge in [-0.3, -0.25) is 0 Å². The second kappa shape index (κ2) is 6.48. The van der Waals surface area contributed by atoms with Crippen molar-refractivity contribution < 1.29 is 4.74 Å². The Balaban J connectivity index is 1.92.